The quantitative estimate of drug-likeness (QED) is 0.434. The van der Waals surface area contributed by atoms with E-state index in [0.29, 0.717) is 39.1 Å². The van der Waals surface area contributed by atoms with Gasteiger partial charge in [0.05, 0.1) is 19.3 Å². The lowest BCUT2D eigenvalue weighted by atomic mass is 9.76. The molecule has 0 bridgehead atoms. The average Bonchev–Trinajstić information content (AvgIpc) is 3.38. The summed E-state index contributed by atoms with van der Waals surface area (Å²) in [7, 11) is 0. The van der Waals surface area contributed by atoms with Gasteiger partial charge in [-0.1, -0.05) is 56.3 Å². The highest BCUT2D eigenvalue weighted by molar-refractivity contribution is 5.99. The Labute approximate surface area is 219 Å². The van der Waals surface area contributed by atoms with Gasteiger partial charge in [0.25, 0.3) is 0 Å². The minimum atomic E-state index is -4.90. The number of halogens is 3. The van der Waals surface area contributed by atoms with E-state index in [1.807, 2.05) is 44.2 Å². The molecule has 0 radical (unpaired) electrons. The maximum absolute atomic E-state index is 13.5. The number of hydrogen-bond acceptors (Lipinski definition) is 7. The van der Waals surface area contributed by atoms with Gasteiger partial charge in [-0.2, -0.15) is 18.2 Å². The Bertz CT molecular complexity index is 1100. The summed E-state index contributed by atoms with van der Waals surface area (Å²) in [4.78, 5) is 44.1. The van der Waals surface area contributed by atoms with Crippen LogP contribution in [0.25, 0.3) is 0 Å². The van der Waals surface area contributed by atoms with E-state index in [4.69, 9.17) is 4.74 Å². The molecule has 9 nitrogen and oxygen atoms in total. The van der Waals surface area contributed by atoms with Gasteiger partial charge >= 0.3 is 12.1 Å². The number of alkyl halides is 3. The fourth-order valence-electron chi connectivity index (χ4n) is 4.53. The van der Waals surface area contributed by atoms with Crippen LogP contribution in [0.2, 0.25) is 0 Å². The molecule has 2 amide bonds. The van der Waals surface area contributed by atoms with E-state index in [9.17, 15) is 27.6 Å². The Hall–Kier alpha value is -3.28. The number of hydrogen-bond donors (Lipinski definition) is 1. The molecule has 208 valence electrons. The van der Waals surface area contributed by atoms with Crippen LogP contribution in [-0.4, -0.2) is 65.0 Å². The van der Waals surface area contributed by atoms with E-state index in [-0.39, 0.29) is 24.2 Å². The van der Waals surface area contributed by atoms with Crippen molar-refractivity contribution in [3.8, 4) is 0 Å². The van der Waals surface area contributed by atoms with Crippen molar-refractivity contribution in [2.24, 2.45) is 11.3 Å². The second kappa shape index (κ2) is 12.5. The third-order valence-corrected chi connectivity index (χ3v) is 6.41. The molecule has 2 heterocycles. The number of amides is 2. The van der Waals surface area contributed by atoms with Crippen molar-refractivity contribution in [3.63, 3.8) is 0 Å². The van der Waals surface area contributed by atoms with Gasteiger partial charge in [-0.25, -0.2) is 0 Å². The van der Waals surface area contributed by atoms with Gasteiger partial charge in [-0.3, -0.25) is 14.4 Å². The van der Waals surface area contributed by atoms with E-state index >= 15 is 0 Å². The van der Waals surface area contributed by atoms with Crippen LogP contribution in [-0.2, 0) is 26.9 Å². The molecular formula is C26H33F3N4O5. The summed E-state index contributed by atoms with van der Waals surface area (Å²) in [6.45, 7) is 7.28. The van der Waals surface area contributed by atoms with Crippen LogP contribution in [0.4, 0.5) is 13.2 Å². The molecule has 38 heavy (non-hydrogen) atoms. The number of benzene rings is 1. The number of nitrogens with zero attached hydrogens (tertiary/aromatic N) is 3. The third kappa shape index (κ3) is 8.11. The number of carbonyl (C=O) groups is 3. The number of nitrogens with one attached hydrogen (secondary N) is 1. The van der Waals surface area contributed by atoms with Gasteiger partial charge in [0.15, 0.2) is 0 Å². The van der Waals surface area contributed by atoms with Crippen LogP contribution in [0.15, 0.2) is 34.9 Å². The van der Waals surface area contributed by atoms with E-state index in [1.54, 1.807) is 11.8 Å². The first-order valence-electron chi connectivity index (χ1n) is 12.5. The number of carbonyl (C=O) groups excluding carboxylic acids is 3. The molecule has 3 rings (SSSR count). The van der Waals surface area contributed by atoms with Crippen LogP contribution in [0.3, 0.4) is 0 Å². The fourth-order valence-corrected chi connectivity index (χ4v) is 4.53. The van der Waals surface area contributed by atoms with Crippen molar-refractivity contribution in [1.82, 2.24) is 20.4 Å². The first-order chi connectivity index (χ1) is 17.9. The van der Waals surface area contributed by atoms with E-state index < -0.39 is 41.5 Å². The zero-order chi connectivity index (χ0) is 27.9. The Balaban J connectivity index is 1.76. The maximum Gasteiger partial charge on any atom is 0.471 e. The van der Waals surface area contributed by atoms with Crippen LogP contribution in [0, 0.1) is 11.3 Å². The molecule has 1 N–H and O–H groups in total. The zero-order valence-electron chi connectivity index (χ0n) is 21.7. The fraction of sp³-hybridized carbons (Fsp3) is 0.577. The summed E-state index contributed by atoms with van der Waals surface area (Å²) in [6, 6.07) is 8.56. The Kier molecular flexibility index (Phi) is 9.64. The Morgan fingerprint density at radius 1 is 1.11 bits per heavy atom. The van der Waals surface area contributed by atoms with Crippen LogP contribution in [0.5, 0.6) is 0 Å². The Morgan fingerprint density at radius 3 is 2.34 bits per heavy atom. The summed E-state index contributed by atoms with van der Waals surface area (Å²) < 4.78 is 48.0. The molecular weight excluding hydrogens is 505 g/mol. The van der Waals surface area contributed by atoms with Gasteiger partial charge in [0, 0.05) is 25.4 Å². The smallest absolute Gasteiger partial charge is 0.378 e. The highest BCUT2D eigenvalue weighted by atomic mass is 19.4. The third-order valence-electron chi connectivity index (χ3n) is 6.41. The minimum Gasteiger partial charge on any atom is -0.378 e. The van der Waals surface area contributed by atoms with Crippen molar-refractivity contribution in [2.75, 3.05) is 26.3 Å². The highest BCUT2D eigenvalue weighted by Crippen LogP contribution is 2.32. The molecule has 2 aromatic rings. The molecule has 0 saturated carbocycles. The lowest BCUT2D eigenvalue weighted by Crippen LogP contribution is -2.47. The lowest BCUT2D eigenvalue weighted by Gasteiger charge is -2.32. The van der Waals surface area contributed by atoms with Crippen molar-refractivity contribution in [3.05, 3.63) is 47.6 Å². The zero-order valence-corrected chi connectivity index (χ0v) is 21.7. The summed E-state index contributed by atoms with van der Waals surface area (Å²) in [5, 5.41) is 5.76. The van der Waals surface area contributed by atoms with Gasteiger partial charge in [0.2, 0.25) is 23.4 Å². The predicted octanol–water partition coefficient (Wildman–Crippen LogP) is 3.69. The number of morpholine rings is 1. The molecule has 1 aliphatic rings. The van der Waals surface area contributed by atoms with E-state index in [2.05, 4.69) is 20.0 Å². The first-order valence-corrected chi connectivity index (χ1v) is 12.5. The molecule has 1 saturated heterocycles. The number of rotatable bonds is 11. The number of Topliss-reactive ketones (excluding diaryl/α,β-unsaturated/α-hetero) is 1. The molecule has 0 spiro atoms. The summed E-state index contributed by atoms with van der Waals surface area (Å²) in [5.74, 6) is -4.82. The van der Waals surface area contributed by atoms with E-state index in [1.165, 1.54) is 0 Å². The van der Waals surface area contributed by atoms with Crippen LogP contribution in [0.1, 0.15) is 62.1 Å². The predicted molar refractivity (Wildman–Crippen MR) is 130 cm³/mol. The van der Waals surface area contributed by atoms with Crippen molar-refractivity contribution in [1.29, 1.82) is 0 Å². The summed E-state index contributed by atoms with van der Waals surface area (Å²) >= 11 is 0. The molecule has 2 atom stereocenters. The maximum atomic E-state index is 13.5. The number of ketones is 1. The average molecular weight is 539 g/mol. The van der Waals surface area contributed by atoms with Gasteiger partial charge < -0.3 is 19.5 Å². The molecule has 1 unspecified atom stereocenters. The van der Waals surface area contributed by atoms with Crippen molar-refractivity contribution in [2.45, 2.75) is 58.7 Å². The van der Waals surface area contributed by atoms with Gasteiger partial charge in [-0.15, -0.1) is 0 Å². The minimum absolute atomic E-state index is 0.0743. The monoisotopic (exact) mass is 538 g/mol. The normalized spacial score (nSPS) is 16.1. The van der Waals surface area contributed by atoms with Gasteiger partial charge in [0.1, 0.15) is 0 Å². The van der Waals surface area contributed by atoms with Crippen molar-refractivity contribution >= 4 is 17.6 Å². The van der Waals surface area contributed by atoms with Crippen molar-refractivity contribution < 1.29 is 36.8 Å². The molecule has 12 heteroatoms. The molecule has 0 aliphatic carbocycles. The summed E-state index contributed by atoms with van der Waals surface area (Å²) in [6.07, 6.45) is -3.89. The standard InChI is InChI=1S/C26H33F3N4O5/c1-4-19(21(35)22-31-24(38-32-22)26(27,28)29)30-23(36)18(14-20(34)33-10-12-37-13-11-33)16-25(2,3)15-17-8-6-5-7-9-17/h5-9,18-19H,4,10-16H2,1-3H3,(H,30,36)/t18?,19-/m0/s1. The summed E-state index contributed by atoms with van der Waals surface area (Å²) in [5.41, 5.74) is 0.700. The molecule has 1 aliphatic heterocycles. The molecule has 1 aromatic heterocycles. The van der Waals surface area contributed by atoms with Crippen LogP contribution >= 0.6 is 0 Å². The van der Waals surface area contributed by atoms with E-state index in [0.717, 1.165) is 5.56 Å². The molecule has 1 fully saturated rings. The Morgan fingerprint density at radius 2 is 1.76 bits per heavy atom. The van der Waals surface area contributed by atoms with Crippen LogP contribution < -0.4 is 5.32 Å². The first kappa shape index (κ1) is 29.3. The number of ether oxygens (including phenoxy) is 1. The second-order valence-electron chi connectivity index (χ2n) is 10.2. The lowest BCUT2D eigenvalue weighted by molar-refractivity contribution is -0.159. The number of aromatic nitrogens is 2. The molecule has 1 aromatic carbocycles. The largest absolute Gasteiger partial charge is 0.471 e. The highest BCUT2D eigenvalue weighted by Gasteiger charge is 2.40. The topological polar surface area (TPSA) is 115 Å². The SMILES string of the molecule is CC[C@H](NC(=O)C(CC(=O)N1CCOCC1)CC(C)(C)Cc1ccccc1)C(=O)c1noc(C(F)(F)F)n1. The second-order valence-corrected chi connectivity index (χ2v) is 10.2. The van der Waals surface area contributed by atoms with Gasteiger partial charge in [-0.05, 0) is 30.2 Å².